The van der Waals surface area contributed by atoms with Crippen LogP contribution < -0.4 is 5.56 Å². The number of thioether (sulfide) groups is 1. The third-order valence-corrected chi connectivity index (χ3v) is 5.90. The SMILES string of the molecule is CCCc1noc(C(C)Sc2nc3ccccc3c(=O)n2CC2CCCO2)n1. The van der Waals surface area contributed by atoms with Crippen LogP contribution in [0.25, 0.3) is 10.9 Å². The predicted octanol–water partition coefficient (Wildman–Crippen LogP) is 3.76. The van der Waals surface area contributed by atoms with Crippen molar-refractivity contribution in [1.29, 1.82) is 0 Å². The van der Waals surface area contributed by atoms with Gasteiger partial charge in [-0.1, -0.05) is 36.0 Å². The number of hydrogen-bond acceptors (Lipinski definition) is 7. The largest absolute Gasteiger partial charge is 0.376 e. The maximum Gasteiger partial charge on any atom is 0.262 e. The lowest BCUT2D eigenvalue weighted by atomic mass is 10.2. The van der Waals surface area contributed by atoms with E-state index in [0.717, 1.165) is 32.3 Å². The third-order valence-electron chi connectivity index (χ3n) is 4.82. The van der Waals surface area contributed by atoms with Crippen LogP contribution in [0, 0.1) is 0 Å². The molecule has 2 atom stereocenters. The summed E-state index contributed by atoms with van der Waals surface area (Å²) in [7, 11) is 0. The molecule has 1 saturated heterocycles. The summed E-state index contributed by atoms with van der Waals surface area (Å²) >= 11 is 1.47. The molecule has 1 aromatic carbocycles. The number of ether oxygens (including phenoxy) is 1. The van der Waals surface area contributed by atoms with Crippen LogP contribution in [0.3, 0.4) is 0 Å². The van der Waals surface area contributed by atoms with E-state index in [4.69, 9.17) is 14.2 Å². The molecule has 7 nitrogen and oxygen atoms in total. The fourth-order valence-electron chi connectivity index (χ4n) is 3.36. The predicted molar refractivity (Wildman–Crippen MR) is 108 cm³/mol. The Hall–Kier alpha value is -2.19. The quantitative estimate of drug-likeness (QED) is 0.441. The Morgan fingerprint density at radius 2 is 2.18 bits per heavy atom. The second-order valence-corrected chi connectivity index (χ2v) is 8.33. The summed E-state index contributed by atoms with van der Waals surface area (Å²) in [4.78, 5) is 22.4. The van der Waals surface area contributed by atoms with Crippen LogP contribution in [-0.4, -0.2) is 32.4 Å². The van der Waals surface area contributed by atoms with Crippen LogP contribution in [0.1, 0.15) is 50.1 Å². The normalized spacial score (nSPS) is 18.0. The van der Waals surface area contributed by atoms with Crippen LogP contribution >= 0.6 is 11.8 Å². The van der Waals surface area contributed by atoms with Crippen molar-refractivity contribution in [3.8, 4) is 0 Å². The molecule has 0 amide bonds. The van der Waals surface area contributed by atoms with Crippen molar-refractivity contribution in [2.45, 2.75) is 62.6 Å². The highest BCUT2D eigenvalue weighted by atomic mass is 32.2. The van der Waals surface area contributed by atoms with Gasteiger partial charge in [-0.05, 0) is 38.3 Å². The molecule has 0 bridgehead atoms. The molecule has 28 heavy (non-hydrogen) atoms. The van der Waals surface area contributed by atoms with Gasteiger partial charge in [0.05, 0.1) is 28.8 Å². The summed E-state index contributed by atoms with van der Waals surface area (Å²) in [6.45, 7) is 5.33. The molecule has 8 heteroatoms. The Morgan fingerprint density at radius 1 is 1.32 bits per heavy atom. The number of hydrogen-bond donors (Lipinski definition) is 0. The van der Waals surface area contributed by atoms with Gasteiger partial charge in [0.2, 0.25) is 5.89 Å². The fraction of sp³-hybridized carbons (Fsp3) is 0.500. The molecule has 3 heterocycles. The number of fused-ring (bicyclic) bond motifs is 1. The Kier molecular flexibility index (Phi) is 5.77. The molecule has 0 spiro atoms. The minimum atomic E-state index is -0.109. The van der Waals surface area contributed by atoms with Crippen molar-refractivity contribution in [2.24, 2.45) is 0 Å². The van der Waals surface area contributed by atoms with Crippen molar-refractivity contribution in [3.63, 3.8) is 0 Å². The molecule has 1 aliphatic heterocycles. The number of aryl methyl sites for hydroxylation is 1. The van der Waals surface area contributed by atoms with Crippen molar-refractivity contribution >= 4 is 22.7 Å². The molecule has 1 fully saturated rings. The smallest absolute Gasteiger partial charge is 0.262 e. The van der Waals surface area contributed by atoms with Gasteiger partial charge in [-0.15, -0.1) is 0 Å². The van der Waals surface area contributed by atoms with E-state index in [-0.39, 0.29) is 16.9 Å². The Labute approximate surface area is 167 Å². The topological polar surface area (TPSA) is 83.0 Å². The first-order valence-electron chi connectivity index (χ1n) is 9.76. The van der Waals surface area contributed by atoms with Gasteiger partial charge in [0.15, 0.2) is 11.0 Å². The molecule has 0 N–H and O–H groups in total. The molecule has 2 unspecified atom stereocenters. The zero-order valence-electron chi connectivity index (χ0n) is 16.1. The second kappa shape index (κ2) is 8.45. The van der Waals surface area contributed by atoms with Gasteiger partial charge >= 0.3 is 0 Å². The summed E-state index contributed by atoms with van der Waals surface area (Å²) in [6.07, 6.45) is 3.80. The highest BCUT2D eigenvalue weighted by Crippen LogP contribution is 2.33. The third kappa shape index (κ3) is 3.98. The number of para-hydroxylation sites is 1. The van der Waals surface area contributed by atoms with E-state index in [1.165, 1.54) is 11.8 Å². The number of benzene rings is 1. The van der Waals surface area contributed by atoms with Crippen LogP contribution in [-0.2, 0) is 17.7 Å². The Bertz CT molecular complexity index is 1010. The molecule has 0 aliphatic carbocycles. The zero-order chi connectivity index (χ0) is 19.5. The summed E-state index contributed by atoms with van der Waals surface area (Å²) in [5.74, 6) is 1.27. The van der Waals surface area contributed by atoms with Crippen LogP contribution in [0.2, 0.25) is 0 Å². The highest BCUT2D eigenvalue weighted by molar-refractivity contribution is 7.99. The minimum Gasteiger partial charge on any atom is -0.376 e. The van der Waals surface area contributed by atoms with E-state index in [9.17, 15) is 4.79 Å². The van der Waals surface area contributed by atoms with Gasteiger partial charge < -0.3 is 9.26 Å². The van der Waals surface area contributed by atoms with Crippen LogP contribution in [0.4, 0.5) is 0 Å². The van der Waals surface area contributed by atoms with Gasteiger partial charge in [-0.2, -0.15) is 4.98 Å². The van der Waals surface area contributed by atoms with Crippen LogP contribution in [0.5, 0.6) is 0 Å². The maximum absolute atomic E-state index is 13.1. The minimum absolute atomic E-state index is 0.0343. The van der Waals surface area contributed by atoms with Gasteiger partial charge in [-0.3, -0.25) is 9.36 Å². The molecular formula is C20H24N4O3S. The lowest BCUT2D eigenvalue weighted by molar-refractivity contribution is 0.0937. The first-order valence-corrected chi connectivity index (χ1v) is 10.6. The molecule has 0 saturated carbocycles. The lowest BCUT2D eigenvalue weighted by Gasteiger charge is -2.17. The average Bonchev–Trinajstić information content (AvgIpc) is 3.37. The zero-order valence-corrected chi connectivity index (χ0v) is 16.9. The van der Waals surface area contributed by atoms with Crippen molar-refractivity contribution in [2.75, 3.05) is 6.61 Å². The fourth-order valence-corrected chi connectivity index (χ4v) is 4.31. The number of nitrogens with zero attached hydrogens (tertiary/aromatic N) is 4. The summed E-state index contributed by atoms with van der Waals surface area (Å²) in [6, 6.07) is 7.45. The van der Waals surface area contributed by atoms with Gasteiger partial charge in [0.25, 0.3) is 5.56 Å². The molecule has 4 rings (SSSR count). The Balaban J connectivity index is 1.68. The van der Waals surface area contributed by atoms with Crippen molar-refractivity contribution in [3.05, 3.63) is 46.3 Å². The van der Waals surface area contributed by atoms with Gasteiger partial charge in [0.1, 0.15) is 0 Å². The summed E-state index contributed by atoms with van der Waals surface area (Å²) in [5, 5.41) is 5.20. The molecule has 148 valence electrons. The summed E-state index contributed by atoms with van der Waals surface area (Å²) < 4.78 is 12.9. The first-order chi connectivity index (χ1) is 13.7. The lowest BCUT2D eigenvalue weighted by Crippen LogP contribution is -2.29. The molecular weight excluding hydrogens is 376 g/mol. The van der Waals surface area contributed by atoms with Gasteiger partial charge in [-0.25, -0.2) is 4.98 Å². The standard InChI is InChI=1S/C20H24N4O3S/c1-3-7-17-22-18(27-23-17)13(2)28-20-21-16-10-5-4-9-15(16)19(25)24(20)12-14-8-6-11-26-14/h4-5,9-10,13-14H,3,6-8,11-12H2,1-2H3. The number of rotatable bonds is 7. The average molecular weight is 401 g/mol. The molecule has 3 aromatic rings. The maximum atomic E-state index is 13.1. The van der Waals surface area contributed by atoms with E-state index in [1.54, 1.807) is 4.57 Å². The number of aromatic nitrogens is 4. The monoisotopic (exact) mass is 400 g/mol. The summed E-state index contributed by atoms with van der Waals surface area (Å²) in [5.41, 5.74) is 0.663. The van der Waals surface area contributed by atoms with Crippen molar-refractivity contribution < 1.29 is 9.26 Å². The van der Waals surface area contributed by atoms with E-state index in [1.807, 2.05) is 31.2 Å². The van der Waals surface area contributed by atoms with Crippen molar-refractivity contribution in [1.82, 2.24) is 19.7 Å². The van der Waals surface area contributed by atoms with E-state index < -0.39 is 0 Å². The van der Waals surface area contributed by atoms with Crippen LogP contribution in [0.15, 0.2) is 38.7 Å². The van der Waals surface area contributed by atoms with E-state index in [0.29, 0.717) is 34.3 Å². The van der Waals surface area contributed by atoms with E-state index in [2.05, 4.69) is 17.1 Å². The first kappa shape index (κ1) is 19.1. The molecule has 1 aliphatic rings. The Morgan fingerprint density at radius 3 is 2.96 bits per heavy atom. The van der Waals surface area contributed by atoms with Gasteiger partial charge in [0, 0.05) is 13.0 Å². The second-order valence-electron chi connectivity index (χ2n) is 7.02. The highest BCUT2D eigenvalue weighted by Gasteiger charge is 2.23. The molecule has 0 radical (unpaired) electrons. The van der Waals surface area contributed by atoms with E-state index >= 15 is 0 Å². The molecule has 2 aromatic heterocycles.